The molecule has 0 radical (unpaired) electrons. The highest BCUT2D eigenvalue weighted by Crippen LogP contribution is 2.39. The zero-order valence-corrected chi connectivity index (χ0v) is 18.8. The predicted octanol–water partition coefficient (Wildman–Crippen LogP) is 3.62. The van der Waals surface area contributed by atoms with Crippen LogP contribution in [0.25, 0.3) is 0 Å². The third-order valence-electron chi connectivity index (χ3n) is 6.46. The molecule has 0 spiro atoms. The average Bonchev–Trinajstić information content (AvgIpc) is 3.12. The van der Waals surface area contributed by atoms with Crippen molar-refractivity contribution in [1.82, 2.24) is 10.2 Å². The summed E-state index contributed by atoms with van der Waals surface area (Å²) in [4.78, 5) is 27.2. The molecule has 1 saturated heterocycles. The van der Waals surface area contributed by atoms with E-state index in [2.05, 4.69) is 11.4 Å². The van der Waals surface area contributed by atoms with Crippen LogP contribution in [0.4, 0.5) is 4.79 Å². The van der Waals surface area contributed by atoms with Crippen molar-refractivity contribution in [1.29, 1.82) is 0 Å². The van der Waals surface area contributed by atoms with Crippen molar-refractivity contribution in [2.75, 3.05) is 19.8 Å². The molecule has 7 heteroatoms. The van der Waals surface area contributed by atoms with Crippen molar-refractivity contribution in [2.24, 2.45) is 0 Å². The Morgan fingerprint density at radius 3 is 2.61 bits per heavy atom. The van der Waals surface area contributed by atoms with Gasteiger partial charge in [0.05, 0.1) is 24.8 Å². The molecule has 1 N–H and O–H groups in total. The first kappa shape index (κ1) is 21.9. The molecule has 3 heterocycles. The Balaban J connectivity index is 1.51. The van der Waals surface area contributed by atoms with E-state index in [0.717, 1.165) is 31.4 Å². The fraction of sp³-hybridized carbons (Fsp3) is 0.667. The average molecular weight is 431 g/mol. The fourth-order valence-corrected chi connectivity index (χ4v) is 4.94. The molecule has 0 aromatic heterocycles. The zero-order valence-electron chi connectivity index (χ0n) is 18.8. The summed E-state index contributed by atoms with van der Waals surface area (Å²) in [6.45, 7) is 6.48. The number of amides is 2. The van der Waals surface area contributed by atoms with Crippen LogP contribution in [0.5, 0.6) is 5.75 Å². The van der Waals surface area contributed by atoms with Crippen molar-refractivity contribution < 1.29 is 23.8 Å². The smallest absolute Gasteiger partial charge is 0.407 e. The van der Waals surface area contributed by atoms with Crippen molar-refractivity contribution >= 4 is 12.0 Å². The maximum absolute atomic E-state index is 13.0. The Hall–Kier alpha value is -2.28. The lowest BCUT2D eigenvalue weighted by molar-refractivity contribution is -0.136. The lowest BCUT2D eigenvalue weighted by atomic mass is 9.82. The second-order valence-corrected chi connectivity index (χ2v) is 9.83. The van der Waals surface area contributed by atoms with Crippen LogP contribution in [0.1, 0.15) is 64.4 Å². The number of alkyl carbamates (subject to hydrolysis) is 1. The maximum Gasteiger partial charge on any atom is 0.407 e. The molecular weight excluding hydrogens is 396 g/mol. The molecule has 170 valence electrons. The van der Waals surface area contributed by atoms with Crippen LogP contribution in [0, 0.1) is 0 Å². The minimum absolute atomic E-state index is 0.0111. The van der Waals surface area contributed by atoms with Gasteiger partial charge in [0.25, 0.3) is 5.91 Å². The molecule has 2 fully saturated rings. The Morgan fingerprint density at radius 2 is 1.87 bits per heavy atom. The van der Waals surface area contributed by atoms with Gasteiger partial charge in [-0.25, -0.2) is 4.79 Å². The van der Waals surface area contributed by atoms with Crippen molar-refractivity contribution in [3.05, 3.63) is 29.8 Å². The summed E-state index contributed by atoms with van der Waals surface area (Å²) in [7, 11) is 0. The number of nitrogens with zero attached hydrogens (tertiary/aromatic N) is 1. The highest BCUT2D eigenvalue weighted by Gasteiger charge is 2.40. The normalized spacial score (nSPS) is 29.0. The van der Waals surface area contributed by atoms with Crippen LogP contribution < -0.4 is 10.1 Å². The Labute approximate surface area is 184 Å². The van der Waals surface area contributed by atoms with Crippen LogP contribution in [0.2, 0.25) is 0 Å². The second kappa shape index (κ2) is 9.07. The fourth-order valence-electron chi connectivity index (χ4n) is 4.94. The van der Waals surface area contributed by atoms with E-state index < -0.39 is 11.7 Å². The lowest BCUT2D eigenvalue weighted by Gasteiger charge is -2.32. The maximum atomic E-state index is 13.0. The number of hydrogen-bond donors (Lipinski definition) is 1. The number of benzene rings is 1. The van der Waals surface area contributed by atoms with Gasteiger partial charge in [0.1, 0.15) is 11.4 Å². The Kier molecular flexibility index (Phi) is 6.42. The summed E-state index contributed by atoms with van der Waals surface area (Å²) < 4.78 is 17.7. The van der Waals surface area contributed by atoms with E-state index in [1.807, 2.05) is 39.0 Å². The lowest BCUT2D eigenvalue weighted by Crippen LogP contribution is -2.51. The minimum atomic E-state index is -0.570. The second-order valence-electron chi connectivity index (χ2n) is 9.83. The van der Waals surface area contributed by atoms with Gasteiger partial charge in [0.15, 0.2) is 6.61 Å². The molecule has 4 aliphatic rings. The monoisotopic (exact) mass is 430 g/mol. The van der Waals surface area contributed by atoms with E-state index in [9.17, 15) is 9.59 Å². The number of rotatable bonds is 1. The minimum Gasteiger partial charge on any atom is -0.483 e. The first-order valence-corrected chi connectivity index (χ1v) is 11.4. The van der Waals surface area contributed by atoms with E-state index in [0.29, 0.717) is 25.5 Å². The molecule has 3 aliphatic heterocycles. The Morgan fingerprint density at radius 1 is 1.13 bits per heavy atom. The number of carbonyl (C=O) groups excluding carboxylic acids is 2. The van der Waals surface area contributed by atoms with Gasteiger partial charge in [0.2, 0.25) is 0 Å². The van der Waals surface area contributed by atoms with E-state index >= 15 is 0 Å². The predicted molar refractivity (Wildman–Crippen MR) is 116 cm³/mol. The summed E-state index contributed by atoms with van der Waals surface area (Å²) >= 11 is 0. The molecule has 1 aromatic rings. The van der Waals surface area contributed by atoms with E-state index in [4.69, 9.17) is 14.2 Å². The number of para-hydroxylation sites is 1. The first-order valence-electron chi connectivity index (χ1n) is 11.4. The van der Waals surface area contributed by atoms with Crippen molar-refractivity contribution in [3.8, 4) is 5.75 Å². The van der Waals surface area contributed by atoms with Crippen LogP contribution in [-0.4, -0.2) is 60.4 Å². The standard InChI is InChI=1S/C24H34N2O5/c1-24(2,3)31-23(28)25-19-12-13-26-20(19)14-29-17-10-8-16(9-11-17)18-6-4-5-7-21(18)30-15-22(26)27/h4-7,16-17,19-20H,8-15H2,1-3H3,(H,25,28)/t16-,17+,19-,20-/m0/s1. The highest BCUT2D eigenvalue weighted by atomic mass is 16.6. The van der Waals surface area contributed by atoms with Gasteiger partial charge in [-0.1, -0.05) is 18.2 Å². The molecule has 31 heavy (non-hydrogen) atoms. The molecule has 1 aromatic carbocycles. The van der Waals surface area contributed by atoms with E-state index in [-0.39, 0.29) is 30.7 Å². The molecule has 2 atom stereocenters. The number of ether oxygens (including phenoxy) is 3. The molecule has 0 unspecified atom stereocenters. The van der Waals surface area contributed by atoms with Crippen LogP contribution in [0.15, 0.2) is 24.3 Å². The number of nitrogens with one attached hydrogen (secondary N) is 1. The van der Waals surface area contributed by atoms with Gasteiger partial charge in [-0.15, -0.1) is 0 Å². The SMILES string of the molecule is CC(C)(C)OC(=O)N[C@H]1CCN2C(=O)COc3ccccc3[C@H]3CC[C@H](CC3)OC[C@@H]12. The van der Waals surface area contributed by atoms with Gasteiger partial charge < -0.3 is 24.4 Å². The zero-order chi connectivity index (χ0) is 22.0. The Bertz CT molecular complexity index is 797. The summed E-state index contributed by atoms with van der Waals surface area (Å²) in [6, 6.07) is 7.64. The van der Waals surface area contributed by atoms with Gasteiger partial charge in [-0.2, -0.15) is 0 Å². The van der Waals surface area contributed by atoms with Gasteiger partial charge >= 0.3 is 6.09 Å². The van der Waals surface area contributed by atoms with E-state index in [1.165, 1.54) is 5.56 Å². The molecule has 2 bridgehead atoms. The quantitative estimate of drug-likeness (QED) is 0.736. The van der Waals surface area contributed by atoms with Crippen LogP contribution in [0.3, 0.4) is 0 Å². The molecule has 1 saturated carbocycles. The van der Waals surface area contributed by atoms with E-state index in [1.54, 1.807) is 4.90 Å². The third-order valence-corrected chi connectivity index (χ3v) is 6.46. The molecule has 2 amide bonds. The van der Waals surface area contributed by atoms with Crippen molar-refractivity contribution in [3.63, 3.8) is 0 Å². The molecule has 7 nitrogen and oxygen atoms in total. The third kappa shape index (κ3) is 5.32. The summed E-state index contributed by atoms with van der Waals surface area (Å²) in [5.74, 6) is 1.16. The molecular formula is C24H34N2O5. The van der Waals surface area contributed by atoms with Crippen LogP contribution in [-0.2, 0) is 14.3 Å². The topological polar surface area (TPSA) is 77.1 Å². The largest absolute Gasteiger partial charge is 0.483 e. The van der Waals surface area contributed by atoms with Crippen LogP contribution >= 0.6 is 0 Å². The van der Waals surface area contributed by atoms with Gasteiger partial charge in [0, 0.05) is 6.54 Å². The van der Waals surface area contributed by atoms with Gasteiger partial charge in [-0.05, 0) is 70.4 Å². The number of carbonyl (C=O) groups is 2. The molecule has 1 aliphatic carbocycles. The number of hydrogen-bond acceptors (Lipinski definition) is 5. The summed E-state index contributed by atoms with van der Waals surface area (Å²) in [5.41, 5.74) is 0.620. The summed E-state index contributed by atoms with van der Waals surface area (Å²) in [5, 5.41) is 2.96. The highest BCUT2D eigenvalue weighted by molar-refractivity contribution is 5.79. The first-order chi connectivity index (χ1) is 14.8. The summed E-state index contributed by atoms with van der Waals surface area (Å²) in [6.07, 6.45) is 4.47. The van der Waals surface area contributed by atoms with Crippen molar-refractivity contribution in [2.45, 2.75) is 82.6 Å². The van der Waals surface area contributed by atoms with Gasteiger partial charge in [-0.3, -0.25) is 4.79 Å². The molecule has 5 rings (SSSR count). The number of fused-ring (bicyclic) bond motifs is 5.